The van der Waals surface area contributed by atoms with Crippen molar-refractivity contribution < 1.29 is 8.42 Å². The molecule has 1 heterocycles. The third-order valence-electron chi connectivity index (χ3n) is 3.81. The Bertz CT molecular complexity index is 329. The predicted octanol–water partition coefficient (Wildman–Crippen LogP) is 0.739. The summed E-state index contributed by atoms with van der Waals surface area (Å²) in [6.45, 7) is 9.19. The van der Waals surface area contributed by atoms with Crippen molar-refractivity contribution in [1.29, 1.82) is 0 Å². The summed E-state index contributed by atoms with van der Waals surface area (Å²) in [6, 6.07) is 0.924. The molecule has 1 N–H and O–H groups in total. The van der Waals surface area contributed by atoms with Crippen LogP contribution in [0, 0.1) is 5.92 Å². The van der Waals surface area contributed by atoms with Crippen LogP contribution in [0.2, 0.25) is 0 Å². The first kappa shape index (κ1) is 14.9. The number of piperazine rings is 1. The number of hydrogen-bond acceptors (Lipinski definition) is 4. The number of nitrogens with zero attached hydrogens (tertiary/aromatic N) is 1. The van der Waals surface area contributed by atoms with E-state index >= 15 is 0 Å². The van der Waals surface area contributed by atoms with E-state index < -0.39 is 9.84 Å². The zero-order valence-corrected chi connectivity index (χ0v) is 12.3. The molecule has 0 amide bonds. The van der Waals surface area contributed by atoms with Crippen LogP contribution < -0.4 is 5.32 Å². The molecule has 1 rings (SSSR count). The number of hydrogen-bond donors (Lipinski definition) is 1. The van der Waals surface area contributed by atoms with Crippen LogP contribution in [0.25, 0.3) is 0 Å². The van der Waals surface area contributed by atoms with Crippen molar-refractivity contribution >= 4 is 9.84 Å². The first-order valence-corrected chi connectivity index (χ1v) is 8.54. The fourth-order valence-electron chi connectivity index (χ4n) is 2.21. The van der Waals surface area contributed by atoms with Crippen LogP contribution in [0.3, 0.4) is 0 Å². The minimum absolute atomic E-state index is 0.268. The third kappa shape index (κ3) is 4.94. The molecule has 17 heavy (non-hydrogen) atoms. The van der Waals surface area contributed by atoms with Crippen LogP contribution in [0.5, 0.6) is 0 Å². The van der Waals surface area contributed by atoms with E-state index in [0.717, 1.165) is 19.5 Å². The lowest BCUT2D eigenvalue weighted by Crippen LogP contribution is -2.58. The quantitative estimate of drug-likeness (QED) is 0.794. The molecule has 1 aliphatic rings. The lowest BCUT2D eigenvalue weighted by atomic mass is 9.96. The van der Waals surface area contributed by atoms with Crippen molar-refractivity contribution in [2.45, 2.75) is 39.3 Å². The Hall–Kier alpha value is -0.130. The van der Waals surface area contributed by atoms with Crippen LogP contribution in [-0.4, -0.2) is 57.0 Å². The molecule has 4 nitrogen and oxygen atoms in total. The van der Waals surface area contributed by atoms with Gasteiger partial charge >= 0.3 is 0 Å². The van der Waals surface area contributed by atoms with Gasteiger partial charge in [-0.25, -0.2) is 8.42 Å². The van der Waals surface area contributed by atoms with Gasteiger partial charge in [-0.05, 0) is 12.8 Å². The summed E-state index contributed by atoms with van der Waals surface area (Å²) in [5, 5.41) is 3.56. The van der Waals surface area contributed by atoms with Gasteiger partial charge in [-0.15, -0.1) is 0 Å². The Balaban J connectivity index is 2.51. The van der Waals surface area contributed by atoms with Crippen LogP contribution in [0.4, 0.5) is 0 Å². The molecule has 102 valence electrons. The number of rotatable bonds is 5. The number of sulfone groups is 1. The van der Waals surface area contributed by atoms with E-state index in [2.05, 4.69) is 31.0 Å². The molecule has 0 saturated carbocycles. The van der Waals surface area contributed by atoms with Crippen LogP contribution in [0.15, 0.2) is 0 Å². The second-order valence-corrected chi connectivity index (χ2v) is 7.63. The fourth-order valence-corrected chi connectivity index (χ4v) is 2.77. The van der Waals surface area contributed by atoms with Gasteiger partial charge in [-0.2, -0.15) is 0 Å². The Morgan fingerprint density at radius 2 is 2.12 bits per heavy atom. The van der Waals surface area contributed by atoms with E-state index in [9.17, 15) is 8.42 Å². The lowest BCUT2D eigenvalue weighted by molar-refractivity contribution is 0.125. The Kier molecular flexibility index (Phi) is 5.41. The maximum Gasteiger partial charge on any atom is 0.148 e. The normalized spacial score (nSPS) is 29.2. The molecule has 0 aliphatic carbocycles. The molecule has 0 aromatic carbocycles. The van der Waals surface area contributed by atoms with Gasteiger partial charge in [0.05, 0.1) is 5.75 Å². The summed E-state index contributed by atoms with van der Waals surface area (Å²) in [6.07, 6.45) is 2.47. The summed E-state index contributed by atoms with van der Waals surface area (Å²) in [7, 11) is -2.85. The molecular formula is C12H26N2O2S. The number of nitrogens with one attached hydrogen (secondary N) is 1. The maximum atomic E-state index is 11.2. The summed E-state index contributed by atoms with van der Waals surface area (Å²) < 4.78 is 22.4. The molecular weight excluding hydrogens is 236 g/mol. The molecule has 0 radical (unpaired) electrons. The Morgan fingerprint density at radius 1 is 1.47 bits per heavy atom. The zero-order chi connectivity index (χ0) is 13.1. The van der Waals surface area contributed by atoms with E-state index in [1.165, 1.54) is 6.26 Å². The third-order valence-corrected chi connectivity index (χ3v) is 4.73. The molecule has 3 unspecified atom stereocenters. The highest BCUT2D eigenvalue weighted by Gasteiger charge is 2.27. The van der Waals surface area contributed by atoms with E-state index in [1.807, 2.05) is 0 Å². The Morgan fingerprint density at radius 3 is 2.65 bits per heavy atom. The molecule has 1 saturated heterocycles. The van der Waals surface area contributed by atoms with Gasteiger partial charge in [0.2, 0.25) is 0 Å². The van der Waals surface area contributed by atoms with Crippen molar-refractivity contribution in [2.24, 2.45) is 5.92 Å². The van der Waals surface area contributed by atoms with Crippen molar-refractivity contribution in [3.63, 3.8) is 0 Å². The molecule has 1 fully saturated rings. The standard InChI is InChI=1S/C12H26N2O2S/c1-5-10(2)12-9-14(11(3)8-13-12)6-7-17(4,15)16/h10-13H,5-9H2,1-4H3. The van der Waals surface area contributed by atoms with Crippen molar-refractivity contribution in [1.82, 2.24) is 10.2 Å². The molecule has 0 aromatic heterocycles. The largest absolute Gasteiger partial charge is 0.311 e. The monoisotopic (exact) mass is 262 g/mol. The molecule has 1 aliphatic heterocycles. The van der Waals surface area contributed by atoms with E-state index in [1.54, 1.807) is 0 Å². The summed E-state index contributed by atoms with van der Waals surface area (Å²) >= 11 is 0. The highest BCUT2D eigenvalue weighted by Crippen LogP contribution is 2.15. The van der Waals surface area contributed by atoms with Crippen molar-refractivity contribution in [3.8, 4) is 0 Å². The van der Waals surface area contributed by atoms with E-state index in [4.69, 9.17) is 0 Å². The Labute approximate surface area is 106 Å². The zero-order valence-electron chi connectivity index (χ0n) is 11.4. The average molecular weight is 262 g/mol. The lowest BCUT2D eigenvalue weighted by Gasteiger charge is -2.40. The molecule has 5 heteroatoms. The summed E-state index contributed by atoms with van der Waals surface area (Å²) in [5.74, 6) is 0.910. The van der Waals surface area contributed by atoms with Gasteiger partial charge in [0.15, 0.2) is 0 Å². The van der Waals surface area contributed by atoms with Crippen molar-refractivity contribution in [2.75, 3.05) is 31.6 Å². The predicted molar refractivity (Wildman–Crippen MR) is 72.0 cm³/mol. The second kappa shape index (κ2) is 6.16. The van der Waals surface area contributed by atoms with Gasteiger partial charge in [0.1, 0.15) is 9.84 Å². The minimum Gasteiger partial charge on any atom is -0.311 e. The summed E-state index contributed by atoms with van der Waals surface area (Å²) in [5.41, 5.74) is 0. The van der Waals surface area contributed by atoms with Gasteiger partial charge in [-0.1, -0.05) is 20.3 Å². The summed E-state index contributed by atoms with van der Waals surface area (Å²) in [4.78, 5) is 2.30. The van der Waals surface area contributed by atoms with Gasteiger partial charge in [-0.3, -0.25) is 4.90 Å². The van der Waals surface area contributed by atoms with Crippen LogP contribution >= 0.6 is 0 Å². The van der Waals surface area contributed by atoms with E-state index in [-0.39, 0.29) is 5.75 Å². The first-order valence-electron chi connectivity index (χ1n) is 6.48. The molecule has 3 atom stereocenters. The SMILES string of the molecule is CCC(C)C1CN(CCS(C)(=O)=O)C(C)CN1. The molecule has 0 spiro atoms. The average Bonchev–Trinajstić information content (AvgIpc) is 2.26. The van der Waals surface area contributed by atoms with Crippen LogP contribution in [-0.2, 0) is 9.84 Å². The first-order chi connectivity index (χ1) is 7.83. The molecule has 0 bridgehead atoms. The van der Waals surface area contributed by atoms with Gasteiger partial charge in [0, 0.05) is 38.0 Å². The van der Waals surface area contributed by atoms with Crippen LogP contribution in [0.1, 0.15) is 27.2 Å². The van der Waals surface area contributed by atoms with Crippen molar-refractivity contribution in [3.05, 3.63) is 0 Å². The second-order valence-electron chi connectivity index (χ2n) is 5.37. The minimum atomic E-state index is -2.85. The fraction of sp³-hybridized carbons (Fsp3) is 1.00. The van der Waals surface area contributed by atoms with E-state index in [0.29, 0.717) is 24.5 Å². The highest BCUT2D eigenvalue weighted by atomic mass is 32.2. The smallest absolute Gasteiger partial charge is 0.148 e. The maximum absolute atomic E-state index is 11.2. The topological polar surface area (TPSA) is 49.4 Å². The molecule has 0 aromatic rings. The van der Waals surface area contributed by atoms with Gasteiger partial charge in [0.25, 0.3) is 0 Å². The highest BCUT2D eigenvalue weighted by molar-refractivity contribution is 7.90. The van der Waals surface area contributed by atoms with Gasteiger partial charge < -0.3 is 5.32 Å².